The Morgan fingerprint density at radius 2 is 1.62 bits per heavy atom. The highest BCUT2D eigenvalue weighted by Gasteiger charge is 2.23. The van der Waals surface area contributed by atoms with Crippen LogP contribution in [-0.4, -0.2) is 46.5 Å². The summed E-state index contributed by atoms with van der Waals surface area (Å²) in [6.45, 7) is -0.434. The standard InChI is InChI=1S/C19H15F2NO7/c20-13-6-3-11(8-14(13)21)16(23)9-29-12-4-1-10(2-5-12)7-15(18(25)26)22-17(24)19(27)28/h1-6,8,15H,7,9H2,(H,22,24)(H,25,26)(H,27,28)/t15-/m1/s1. The molecule has 0 heterocycles. The first-order valence-corrected chi connectivity index (χ1v) is 8.14. The van der Waals surface area contributed by atoms with Gasteiger partial charge in [-0.05, 0) is 35.9 Å². The molecule has 0 bridgehead atoms. The number of Topliss-reactive ketones (excluding diaryl/α,β-unsaturated/α-hetero) is 1. The van der Waals surface area contributed by atoms with E-state index in [1.165, 1.54) is 24.3 Å². The highest BCUT2D eigenvalue weighted by Crippen LogP contribution is 2.15. The van der Waals surface area contributed by atoms with Gasteiger partial charge in [0.15, 0.2) is 24.0 Å². The smallest absolute Gasteiger partial charge is 0.394 e. The zero-order valence-corrected chi connectivity index (χ0v) is 14.7. The van der Waals surface area contributed by atoms with Crippen LogP contribution < -0.4 is 10.1 Å². The summed E-state index contributed by atoms with van der Waals surface area (Å²) in [5.41, 5.74) is 0.404. The average molecular weight is 407 g/mol. The summed E-state index contributed by atoms with van der Waals surface area (Å²) in [4.78, 5) is 44.8. The Bertz CT molecular complexity index is 944. The van der Waals surface area contributed by atoms with Crippen LogP contribution in [0, 0.1) is 11.6 Å². The van der Waals surface area contributed by atoms with Crippen LogP contribution in [0.5, 0.6) is 5.75 Å². The van der Waals surface area contributed by atoms with Crippen LogP contribution in [0.3, 0.4) is 0 Å². The monoisotopic (exact) mass is 407 g/mol. The summed E-state index contributed by atoms with van der Waals surface area (Å²) in [6, 6.07) is 7.10. The number of amides is 1. The maximum Gasteiger partial charge on any atom is 0.394 e. The highest BCUT2D eigenvalue weighted by atomic mass is 19.2. The summed E-state index contributed by atoms with van der Waals surface area (Å²) >= 11 is 0. The van der Waals surface area contributed by atoms with Crippen molar-refractivity contribution in [3.63, 3.8) is 0 Å². The van der Waals surface area contributed by atoms with E-state index in [1.54, 1.807) is 0 Å². The fraction of sp³-hybridized carbons (Fsp3) is 0.158. The summed E-state index contributed by atoms with van der Waals surface area (Å²) in [7, 11) is 0. The first-order valence-electron chi connectivity index (χ1n) is 8.14. The number of carbonyl (C=O) groups excluding carboxylic acids is 2. The molecule has 2 rings (SSSR count). The lowest BCUT2D eigenvalue weighted by Gasteiger charge is -2.13. The molecule has 1 atom stereocenters. The molecule has 0 fully saturated rings. The van der Waals surface area contributed by atoms with E-state index in [0.717, 1.165) is 18.2 Å². The summed E-state index contributed by atoms with van der Waals surface area (Å²) < 4.78 is 31.3. The van der Waals surface area contributed by atoms with Gasteiger partial charge in [0.25, 0.3) is 0 Å². The number of hydrogen-bond donors (Lipinski definition) is 3. The van der Waals surface area contributed by atoms with E-state index in [4.69, 9.17) is 14.9 Å². The summed E-state index contributed by atoms with van der Waals surface area (Å²) in [6.07, 6.45) is -0.178. The van der Waals surface area contributed by atoms with Gasteiger partial charge in [0, 0.05) is 12.0 Å². The number of ketones is 1. The van der Waals surface area contributed by atoms with Crippen LogP contribution in [0.1, 0.15) is 15.9 Å². The van der Waals surface area contributed by atoms with E-state index in [0.29, 0.717) is 5.56 Å². The number of hydrogen-bond acceptors (Lipinski definition) is 5. The molecule has 8 nitrogen and oxygen atoms in total. The van der Waals surface area contributed by atoms with Crippen molar-refractivity contribution in [1.29, 1.82) is 0 Å². The second kappa shape index (κ2) is 9.40. The molecule has 0 spiro atoms. The third-order valence-corrected chi connectivity index (χ3v) is 3.77. The number of rotatable bonds is 8. The third-order valence-electron chi connectivity index (χ3n) is 3.77. The summed E-state index contributed by atoms with van der Waals surface area (Å²) in [5.74, 6) is -7.18. The van der Waals surface area contributed by atoms with Crippen LogP contribution in [0.2, 0.25) is 0 Å². The molecular formula is C19H15F2NO7. The number of benzene rings is 2. The van der Waals surface area contributed by atoms with E-state index < -0.39 is 47.9 Å². The van der Waals surface area contributed by atoms with Gasteiger partial charge >= 0.3 is 17.8 Å². The molecule has 29 heavy (non-hydrogen) atoms. The third kappa shape index (κ3) is 6.09. The Balaban J connectivity index is 1.95. The molecule has 1 amide bonds. The van der Waals surface area contributed by atoms with Crippen LogP contribution >= 0.6 is 0 Å². The van der Waals surface area contributed by atoms with Crippen molar-refractivity contribution in [1.82, 2.24) is 5.32 Å². The zero-order chi connectivity index (χ0) is 21.6. The molecule has 3 N–H and O–H groups in total. The molecule has 0 unspecified atom stereocenters. The minimum Gasteiger partial charge on any atom is -0.485 e. The van der Waals surface area contributed by atoms with Crippen LogP contribution in [-0.2, 0) is 20.8 Å². The first kappa shape index (κ1) is 21.5. The lowest BCUT2D eigenvalue weighted by molar-refractivity contribution is -0.152. The van der Waals surface area contributed by atoms with E-state index in [1.807, 2.05) is 5.32 Å². The number of carboxylic acid groups (broad SMARTS) is 2. The topological polar surface area (TPSA) is 130 Å². The fourth-order valence-corrected chi connectivity index (χ4v) is 2.28. The molecule has 2 aromatic carbocycles. The minimum absolute atomic E-state index is 0.0565. The fourth-order valence-electron chi connectivity index (χ4n) is 2.28. The lowest BCUT2D eigenvalue weighted by Crippen LogP contribution is -2.45. The van der Waals surface area contributed by atoms with Crippen LogP contribution in [0.4, 0.5) is 8.78 Å². The molecule has 0 aliphatic carbocycles. The summed E-state index contributed by atoms with van der Waals surface area (Å²) in [5, 5.41) is 19.5. The number of aliphatic carboxylic acids is 2. The number of carboxylic acids is 2. The number of ether oxygens (including phenoxy) is 1. The Morgan fingerprint density at radius 3 is 2.17 bits per heavy atom. The van der Waals surface area contributed by atoms with Gasteiger partial charge in [-0.25, -0.2) is 18.4 Å². The molecule has 0 saturated carbocycles. The maximum absolute atomic E-state index is 13.2. The Morgan fingerprint density at radius 1 is 0.966 bits per heavy atom. The Labute approximate surface area is 162 Å². The highest BCUT2D eigenvalue weighted by molar-refractivity contribution is 6.31. The number of carbonyl (C=O) groups is 4. The Hall–Kier alpha value is -3.82. The second-order valence-corrected chi connectivity index (χ2v) is 5.86. The van der Waals surface area contributed by atoms with Crippen LogP contribution in [0.15, 0.2) is 42.5 Å². The minimum atomic E-state index is -1.80. The Kier molecular flexibility index (Phi) is 6.96. The molecule has 10 heteroatoms. The molecule has 0 aromatic heterocycles. The predicted molar refractivity (Wildman–Crippen MR) is 93.5 cm³/mol. The zero-order valence-electron chi connectivity index (χ0n) is 14.7. The van der Waals surface area contributed by atoms with Crippen molar-refractivity contribution in [3.05, 3.63) is 65.2 Å². The van der Waals surface area contributed by atoms with Crippen LogP contribution in [0.25, 0.3) is 0 Å². The van der Waals surface area contributed by atoms with Crippen molar-refractivity contribution < 1.29 is 42.9 Å². The van der Waals surface area contributed by atoms with Gasteiger partial charge < -0.3 is 20.3 Å². The molecule has 0 radical (unpaired) electrons. The quantitative estimate of drug-likeness (QED) is 0.446. The van der Waals surface area contributed by atoms with Crippen molar-refractivity contribution in [2.24, 2.45) is 0 Å². The van der Waals surface area contributed by atoms with Gasteiger partial charge in [-0.3, -0.25) is 9.59 Å². The van der Waals surface area contributed by atoms with Gasteiger partial charge in [0.05, 0.1) is 0 Å². The second-order valence-electron chi connectivity index (χ2n) is 5.86. The van der Waals surface area contributed by atoms with E-state index in [2.05, 4.69) is 0 Å². The molecular weight excluding hydrogens is 392 g/mol. The van der Waals surface area contributed by atoms with E-state index in [-0.39, 0.29) is 17.7 Å². The normalized spacial score (nSPS) is 11.4. The molecule has 0 aliphatic heterocycles. The molecule has 2 aromatic rings. The van der Waals surface area contributed by atoms with Crippen molar-refractivity contribution >= 4 is 23.6 Å². The first-order chi connectivity index (χ1) is 13.7. The maximum atomic E-state index is 13.2. The van der Waals surface area contributed by atoms with Gasteiger partial charge in [0.1, 0.15) is 11.8 Å². The SMILES string of the molecule is O=C(O)C(=O)N[C@H](Cc1ccc(OCC(=O)c2ccc(F)c(F)c2)cc1)C(=O)O. The molecule has 152 valence electrons. The lowest BCUT2D eigenvalue weighted by atomic mass is 10.1. The molecule has 0 saturated heterocycles. The van der Waals surface area contributed by atoms with E-state index in [9.17, 15) is 28.0 Å². The molecule has 0 aliphatic rings. The average Bonchev–Trinajstić information content (AvgIpc) is 2.68. The van der Waals surface area contributed by atoms with E-state index >= 15 is 0 Å². The largest absolute Gasteiger partial charge is 0.485 e. The van der Waals surface area contributed by atoms with Crippen molar-refractivity contribution in [3.8, 4) is 5.75 Å². The number of nitrogens with one attached hydrogen (secondary N) is 1. The predicted octanol–water partition coefficient (Wildman–Crippen LogP) is 1.42. The van der Waals surface area contributed by atoms with Gasteiger partial charge in [-0.1, -0.05) is 12.1 Å². The van der Waals surface area contributed by atoms with Crippen molar-refractivity contribution in [2.75, 3.05) is 6.61 Å². The van der Waals surface area contributed by atoms with Gasteiger partial charge in [-0.2, -0.15) is 0 Å². The van der Waals surface area contributed by atoms with Gasteiger partial charge in [0.2, 0.25) is 0 Å². The van der Waals surface area contributed by atoms with Gasteiger partial charge in [-0.15, -0.1) is 0 Å². The van der Waals surface area contributed by atoms with Crippen molar-refractivity contribution in [2.45, 2.75) is 12.5 Å². The number of halogens is 2.